The van der Waals surface area contributed by atoms with Crippen LogP contribution in [0.5, 0.6) is 5.75 Å². The maximum atomic E-state index is 10.3. The average Bonchev–Trinajstić information content (AvgIpc) is 2.53. The van der Waals surface area contributed by atoms with Crippen LogP contribution in [0.3, 0.4) is 0 Å². The van der Waals surface area contributed by atoms with E-state index < -0.39 is 0 Å². The van der Waals surface area contributed by atoms with E-state index in [1.165, 1.54) is 32.1 Å². The Morgan fingerprint density at radius 1 is 0.591 bits per heavy atom. The van der Waals surface area contributed by atoms with Crippen LogP contribution in [0.15, 0.2) is 78.9 Å². The van der Waals surface area contributed by atoms with Crippen LogP contribution in [0.4, 0.5) is 0 Å². The van der Waals surface area contributed by atoms with Crippen LogP contribution >= 0.6 is 0 Å². The van der Waals surface area contributed by atoms with Gasteiger partial charge in [-0.3, -0.25) is 0 Å². The Bertz CT molecular complexity index is 630. The molecule has 0 radical (unpaired) electrons. The maximum Gasteiger partial charge on any atom is -0.0623 e. The Morgan fingerprint density at radius 3 is 1.32 bits per heavy atom. The van der Waals surface area contributed by atoms with E-state index >= 15 is 0 Å². The summed E-state index contributed by atoms with van der Waals surface area (Å²) in [6.07, 6.45) is 0. The van der Waals surface area contributed by atoms with E-state index in [4.69, 9.17) is 0 Å². The molecule has 3 aromatic carbocycles. The predicted molar refractivity (Wildman–Crippen MR) is 93.3 cm³/mol. The van der Waals surface area contributed by atoms with Gasteiger partial charge in [0.15, 0.2) is 0 Å². The fourth-order valence-corrected chi connectivity index (χ4v) is 3.09. The van der Waals surface area contributed by atoms with Crippen molar-refractivity contribution in [1.29, 1.82) is 0 Å². The van der Waals surface area contributed by atoms with Gasteiger partial charge in [0.2, 0.25) is 0 Å². The van der Waals surface area contributed by atoms with Crippen LogP contribution in [0.1, 0.15) is 11.1 Å². The molecule has 0 spiro atoms. The van der Waals surface area contributed by atoms with E-state index in [0.717, 1.165) is 0 Å². The first kappa shape index (κ1) is 16.4. The van der Waals surface area contributed by atoms with Gasteiger partial charge in [-0.1, -0.05) is 30.3 Å². The molecule has 0 atom stereocenters. The van der Waals surface area contributed by atoms with Crippen molar-refractivity contribution in [3.05, 3.63) is 90.0 Å². The molecule has 0 bridgehead atoms. The second-order valence-electron chi connectivity index (χ2n) is 5.28. The van der Waals surface area contributed by atoms with Crippen molar-refractivity contribution in [3.63, 3.8) is 0 Å². The molecular formula is C20H19AlO. The molecule has 0 saturated heterocycles. The third kappa shape index (κ3) is 5.78. The quantitative estimate of drug-likeness (QED) is 0.668. The summed E-state index contributed by atoms with van der Waals surface area (Å²) in [6, 6.07) is 26.1. The monoisotopic (exact) mass is 302 g/mol. The Morgan fingerprint density at radius 2 is 1.00 bits per heavy atom. The van der Waals surface area contributed by atoms with Crippen LogP contribution < -0.4 is 14.0 Å². The molecule has 1 nitrogen and oxygen atoms in total. The van der Waals surface area contributed by atoms with Gasteiger partial charge in [-0.05, 0) is 0 Å². The molecule has 0 aromatic heterocycles. The third-order valence-corrected chi connectivity index (χ3v) is 4.67. The van der Waals surface area contributed by atoms with Crippen LogP contribution in [0.2, 0.25) is 0 Å². The van der Waals surface area contributed by atoms with E-state index in [1.807, 2.05) is 6.07 Å². The molecular weight excluding hydrogens is 283 g/mol. The van der Waals surface area contributed by atoms with E-state index in [2.05, 4.69) is 62.4 Å². The predicted octanol–water partition coefficient (Wildman–Crippen LogP) is 2.72. The first-order valence-corrected chi connectivity index (χ1v) is 8.49. The van der Waals surface area contributed by atoms with Gasteiger partial charge in [-0.25, -0.2) is 0 Å². The number of hydrogen-bond donors (Lipinski definition) is 0. The van der Waals surface area contributed by atoms with Gasteiger partial charge >= 0.3 is 97.6 Å². The number of hydrogen-bond acceptors (Lipinski definition) is 1. The molecule has 0 aliphatic carbocycles. The van der Waals surface area contributed by atoms with Crippen molar-refractivity contribution in [2.75, 3.05) is 0 Å². The summed E-state index contributed by atoms with van der Waals surface area (Å²) in [5, 5.41) is 10.3. The van der Waals surface area contributed by atoms with Gasteiger partial charge in [0, 0.05) is 0 Å². The van der Waals surface area contributed by atoms with Gasteiger partial charge in [0.1, 0.15) is 0 Å². The summed E-state index contributed by atoms with van der Waals surface area (Å²) in [5.41, 5.74) is 2.67. The molecule has 108 valence electrons. The van der Waals surface area contributed by atoms with Crippen molar-refractivity contribution >= 4 is 24.1 Å². The molecule has 0 unspecified atom stereocenters. The summed E-state index contributed by atoms with van der Waals surface area (Å²) in [6.45, 7) is 4.26. The minimum Gasteiger partial charge on any atom is -0.872 e. The van der Waals surface area contributed by atoms with Crippen molar-refractivity contribution < 1.29 is 5.11 Å². The third-order valence-electron chi connectivity index (χ3n) is 3.23. The Labute approximate surface area is 139 Å². The fourth-order valence-electron chi connectivity index (χ4n) is 1.94. The Kier molecular flexibility index (Phi) is 6.28. The van der Waals surface area contributed by atoms with Gasteiger partial charge in [-0.2, -0.15) is 0 Å². The smallest absolute Gasteiger partial charge is 0.0623 e. The van der Waals surface area contributed by atoms with E-state index in [-0.39, 0.29) is 21.0 Å². The number of aryl methyl sites for hydroxylation is 2. The standard InChI is InChI=1S/2C7H7.C6H6O.Al/c2*1-7-5-3-2-4-6-7;7-6-4-2-1-3-5-6;/h2*3-6H,1H3;1-5,7H;/q;;;+1/p-1. The SMILES string of the molecule is Cc1cc[c]([Al+][c]2ccc(C)cc2)cc1.[O-]c1ccccc1. The van der Waals surface area contributed by atoms with Crippen LogP contribution in [-0.2, 0) is 0 Å². The molecule has 22 heavy (non-hydrogen) atoms. The van der Waals surface area contributed by atoms with Gasteiger partial charge in [-0.15, -0.1) is 5.75 Å². The van der Waals surface area contributed by atoms with Crippen LogP contribution in [0.25, 0.3) is 0 Å². The first-order chi connectivity index (χ1) is 10.6. The van der Waals surface area contributed by atoms with Crippen LogP contribution in [0, 0.1) is 13.8 Å². The summed E-state index contributed by atoms with van der Waals surface area (Å²) in [5.74, 6) is 0.0718. The average molecular weight is 302 g/mol. The molecule has 0 aliphatic rings. The number of para-hydroxylation sites is 1. The van der Waals surface area contributed by atoms with Crippen molar-refractivity contribution in [1.82, 2.24) is 0 Å². The van der Waals surface area contributed by atoms with E-state index in [9.17, 15) is 5.11 Å². The molecule has 0 aliphatic heterocycles. The van der Waals surface area contributed by atoms with Crippen molar-refractivity contribution in [3.8, 4) is 5.75 Å². The largest absolute Gasteiger partial charge is 0.872 e. The summed E-state index contributed by atoms with van der Waals surface area (Å²) < 4.78 is 2.92. The minimum atomic E-state index is 0.0718. The first-order valence-electron chi connectivity index (χ1n) is 7.33. The summed E-state index contributed by atoms with van der Waals surface area (Å²) in [7, 11) is 0. The van der Waals surface area contributed by atoms with Gasteiger partial charge in [0.25, 0.3) is 0 Å². The van der Waals surface area contributed by atoms with Crippen molar-refractivity contribution in [2.45, 2.75) is 13.8 Å². The molecule has 0 heterocycles. The Balaban J connectivity index is 0.000000211. The van der Waals surface area contributed by atoms with Gasteiger partial charge < -0.3 is 5.11 Å². The normalized spacial score (nSPS) is 9.36. The molecule has 3 aromatic rings. The zero-order valence-electron chi connectivity index (χ0n) is 13.0. The Hall–Kier alpha value is -2.01. The number of rotatable bonds is 2. The topological polar surface area (TPSA) is 23.1 Å². The van der Waals surface area contributed by atoms with E-state index in [0.29, 0.717) is 0 Å². The zero-order chi connectivity index (χ0) is 15.8. The maximum absolute atomic E-state index is 10.3. The molecule has 3 rings (SSSR count). The number of benzene rings is 3. The van der Waals surface area contributed by atoms with E-state index in [1.54, 1.807) is 12.1 Å². The molecule has 0 N–H and O–H groups in total. The zero-order valence-corrected chi connectivity index (χ0v) is 14.1. The fraction of sp³-hybridized carbons (Fsp3) is 0.100. The second kappa shape index (κ2) is 8.44. The summed E-state index contributed by atoms with van der Waals surface area (Å²) >= 11 is 0.252. The molecule has 0 amide bonds. The molecule has 0 fully saturated rings. The molecule has 0 saturated carbocycles. The second-order valence-corrected chi connectivity index (χ2v) is 6.90. The van der Waals surface area contributed by atoms with Crippen molar-refractivity contribution in [2.24, 2.45) is 0 Å². The van der Waals surface area contributed by atoms with Crippen LogP contribution in [-0.4, -0.2) is 15.2 Å². The van der Waals surface area contributed by atoms with Gasteiger partial charge in [0.05, 0.1) is 0 Å². The summed E-state index contributed by atoms with van der Waals surface area (Å²) in [4.78, 5) is 0. The minimum absolute atomic E-state index is 0.0718. The molecule has 2 heteroatoms.